The lowest BCUT2D eigenvalue weighted by Gasteiger charge is -2.19. The van der Waals surface area contributed by atoms with Gasteiger partial charge in [0.1, 0.15) is 17.6 Å². The molecule has 0 aliphatic heterocycles. The molecule has 0 bridgehead atoms. The number of ether oxygens (including phenoxy) is 1. The molecule has 8 heteroatoms. The zero-order chi connectivity index (χ0) is 19.4. The Morgan fingerprint density at radius 3 is 2.26 bits per heavy atom. The predicted octanol–water partition coefficient (Wildman–Crippen LogP) is 3.83. The maximum atomic E-state index is 13.2. The van der Waals surface area contributed by atoms with Gasteiger partial charge in [0, 0.05) is 12.6 Å². The SMILES string of the molecule is O=C(NC1CC1)[C@@H](NCc1ccc(OC(F)(F)F)cc1)c1ccc(F)cc1. The lowest BCUT2D eigenvalue weighted by Crippen LogP contribution is -2.38. The average Bonchev–Trinajstić information content (AvgIpc) is 3.41. The molecule has 0 saturated heterocycles. The second kappa shape index (κ2) is 7.96. The van der Waals surface area contributed by atoms with Crippen molar-refractivity contribution in [1.29, 1.82) is 0 Å². The molecule has 2 aromatic carbocycles. The number of halogens is 4. The molecule has 1 fully saturated rings. The van der Waals surface area contributed by atoms with Gasteiger partial charge in [-0.2, -0.15) is 0 Å². The molecule has 0 spiro atoms. The van der Waals surface area contributed by atoms with E-state index in [0.717, 1.165) is 12.8 Å². The largest absolute Gasteiger partial charge is 0.573 e. The second-order valence-corrected chi connectivity index (χ2v) is 6.34. The Morgan fingerprint density at radius 1 is 1.07 bits per heavy atom. The third-order valence-corrected chi connectivity index (χ3v) is 4.06. The van der Waals surface area contributed by atoms with E-state index in [1.54, 1.807) is 0 Å². The molecule has 1 atom stereocenters. The Kier molecular flexibility index (Phi) is 5.65. The number of hydrogen-bond donors (Lipinski definition) is 2. The van der Waals surface area contributed by atoms with Crippen molar-refractivity contribution in [2.24, 2.45) is 0 Å². The van der Waals surface area contributed by atoms with E-state index in [0.29, 0.717) is 11.1 Å². The van der Waals surface area contributed by atoms with Gasteiger partial charge in [-0.05, 0) is 48.2 Å². The highest BCUT2D eigenvalue weighted by Gasteiger charge is 2.31. The normalized spacial score (nSPS) is 15.3. The van der Waals surface area contributed by atoms with Crippen LogP contribution < -0.4 is 15.4 Å². The molecule has 0 radical (unpaired) electrons. The number of benzene rings is 2. The van der Waals surface area contributed by atoms with E-state index in [4.69, 9.17) is 0 Å². The standard InChI is InChI=1S/C19H18F4N2O2/c20-14-5-3-13(4-6-14)17(18(26)25-15-7-8-15)24-11-12-1-9-16(10-2-12)27-19(21,22)23/h1-6,9-10,15,17,24H,7-8,11H2,(H,25,26)/t17-/m0/s1. The minimum atomic E-state index is -4.74. The van der Waals surface area contributed by atoms with E-state index in [9.17, 15) is 22.4 Å². The molecule has 1 saturated carbocycles. The highest BCUT2D eigenvalue weighted by molar-refractivity contribution is 5.83. The Morgan fingerprint density at radius 2 is 1.70 bits per heavy atom. The highest BCUT2D eigenvalue weighted by atomic mass is 19.4. The summed E-state index contributed by atoms with van der Waals surface area (Å²) >= 11 is 0. The maximum absolute atomic E-state index is 13.2. The van der Waals surface area contributed by atoms with Crippen LogP contribution >= 0.6 is 0 Å². The van der Waals surface area contributed by atoms with Gasteiger partial charge >= 0.3 is 6.36 Å². The third-order valence-electron chi connectivity index (χ3n) is 4.06. The number of rotatable bonds is 7. The van der Waals surface area contributed by atoms with E-state index >= 15 is 0 Å². The number of hydrogen-bond acceptors (Lipinski definition) is 3. The van der Waals surface area contributed by atoms with Gasteiger partial charge in [-0.15, -0.1) is 13.2 Å². The van der Waals surface area contributed by atoms with Crippen LogP contribution in [0.15, 0.2) is 48.5 Å². The zero-order valence-corrected chi connectivity index (χ0v) is 14.2. The van der Waals surface area contributed by atoms with Gasteiger partial charge < -0.3 is 10.1 Å². The Hall–Kier alpha value is -2.61. The fourth-order valence-electron chi connectivity index (χ4n) is 2.56. The van der Waals surface area contributed by atoms with Crippen molar-refractivity contribution in [2.45, 2.75) is 37.8 Å². The van der Waals surface area contributed by atoms with Crippen LogP contribution in [0.25, 0.3) is 0 Å². The topological polar surface area (TPSA) is 50.4 Å². The van der Waals surface area contributed by atoms with Crippen molar-refractivity contribution in [3.05, 3.63) is 65.5 Å². The molecule has 0 unspecified atom stereocenters. The maximum Gasteiger partial charge on any atom is 0.573 e. The summed E-state index contributed by atoms with van der Waals surface area (Å²) in [5, 5.41) is 5.97. The average molecular weight is 382 g/mol. The van der Waals surface area contributed by atoms with Gasteiger partial charge in [-0.1, -0.05) is 24.3 Å². The molecule has 0 aromatic heterocycles. The van der Waals surface area contributed by atoms with Crippen molar-refractivity contribution in [2.75, 3.05) is 0 Å². The quantitative estimate of drug-likeness (QED) is 0.716. The Labute approximate surface area is 153 Å². The predicted molar refractivity (Wildman–Crippen MR) is 90.3 cm³/mol. The summed E-state index contributed by atoms with van der Waals surface area (Å²) in [4.78, 5) is 12.5. The summed E-state index contributed by atoms with van der Waals surface area (Å²) in [5.74, 6) is -0.936. The zero-order valence-electron chi connectivity index (χ0n) is 14.2. The molecule has 2 N–H and O–H groups in total. The minimum Gasteiger partial charge on any atom is -0.406 e. The van der Waals surface area contributed by atoms with E-state index in [1.165, 1.54) is 48.5 Å². The van der Waals surface area contributed by atoms with Gasteiger partial charge in [0.05, 0.1) is 0 Å². The first-order chi connectivity index (χ1) is 12.8. The summed E-state index contributed by atoms with van der Waals surface area (Å²) in [6.45, 7) is 0.242. The van der Waals surface area contributed by atoms with Crippen LogP contribution in [0.3, 0.4) is 0 Å². The molecule has 27 heavy (non-hydrogen) atoms. The van der Waals surface area contributed by atoms with Crippen LogP contribution in [0, 0.1) is 5.82 Å². The lowest BCUT2D eigenvalue weighted by molar-refractivity contribution is -0.274. The molecule has 1 aliphatic carbocycles. The number of nitrogens with one attached hydrogen (secondary N) is 2. The van der Waals surface area contributed by atoms with Crippen LogP contribution in [-0.4, -0.2) is 18.3 Å². The molecule has 1 amide bonds. The first-order valence-electron chi connectivity index (χ1n) is 8.44. The summed E-state index contributed by atoms with van der Waals surface area (Å²) < 4.78 is 53.6. The van der Waals surface area contributed by atoms with Crippen LogP contribution in [0.2, 0.25) is 0 Å². The van der Waals surface area contributed by atoms with Crippen molar-refractivity contribution in [3.63, 3.8) is 0 Å². The lowest BCUT2D eigenvalue weighted by atomic mass is 10.1. The Bertz CT molecular complexity index is 772. The number of carbonyl (C=O) groups is 1. The number of amides is 1. The minimum absolute atomic E-state index is 0.168. The third kappa shape index (κ3) is 5.96. The molecule has 3 rings (SSSR count). The van der Waals surface area contributed by atoms with Crippen LogP contribution in [0.5, 0.6) is 5.75 Å². The summed E-state index contributed by atoms with van der Waals surface area (Å²) in [6, 6.07) is 10.5. The van der Waals surface area contributed by atoms with E-state index < -0.39 is 18.2 Å². The highest BCUT2D eigenvalue weighted by Crippen LogP contribution is 2.24. The van der Waals surface area contributed by atoms with Crippen molar-refractivity contribution in [3.8, 4) is 5.75 Å². The van der Waals surface area contributed by atoms with Crippen LogP contribution in [0.1, 0.15) is 30.0 Å². The first kappa shape index (κ1) is 19.2. The van der Waals surface area contributed by atoms with Gasteiger partial charge in [0.25, 0.3) is 0 Å². The second-order valence-electron chi connectivity index (χ2n) is 6.34. The molecule has 4 nitrogen and oxygen atoms in total. The summed E-state index contributed by atoms with van der Waals surface area (Å²) in [5.41, 5.74) is 1.28. The van der Waals surface area contributed by atoms with Crippen molar-refractivity contribution in [1.82, 2.24) is 10.6 Å². The smallest absolute Gasteiger partial charge is 0.406 e. The van der Waals surface area contributed by atoms with Crippen molar-refractivity contribution < 1.29 is 27.1 Å². The van der Waals surface area contributed by atoms with Gasteiger partial charge in [0.15, 0.2) is 0 Å². The fourth-order valence-corrected chi connectivity index (χ4v) is 2.56. The number of alkyl halides is 3. The van der Waals surface area contributed by atoms with Crippen LogP contribution in [-0.2, 0) is 11.3 Å². The first-order valence-corrected chi connectivity index (χ1v) is 8.44. The number of carbonyl (C=O) groups excluding carboxylic acids is 1. The molecule has 1 aliphatic rings. The molecule has 144 valence electrons. The van der Waals surface area contributed by atoms with E-state index in [-0.39, 0.29) is 24.2 Å². The van der Waals surface area contributed by atoms with Gasteiger partial charge in [-0.3, -0.25) is 10.1 Å². The molecule has 2 aromatic rings. The van der Waals surface area contributed by atoms with Crippen molar-refractivity contribution >= 4 is 5.91 Å². The van der Waals surface area contributed by atoms with E-state index in [2.05, 4.69) is 15.4 Å². The molecular weight excluding hydrogens is 364 g/mol. The summed E-state index contributed by atoms with van der Waals surface area (Å²) in [7, 11) is 0. The van der Waals surface area contributed by atoms with Gasteiger partial charge in [-0.25, -0.2) is 4.39 Å². The van der Waals surface area contributed by atoms with Crippen LogP contribution in [0.4, 0.5) is 17.6 Å². The van der Waals surface area contributed by atoms with E-state index in [1.807, 2.05) is 0 Å². The van der Waals surface area contributed by atoms with Gasteiger partial charge in [0.2, 0.25) is 5.91 Å². The summed E-state index contributed by atoms with van der Waals surface area (Å²) in [6.07, 6.45) is -2.88. The monoisotopic (exact) mass is 382 g/mol. The fraction of sp³-hybridized carbons (Fsp3) is 0.316. The Balaban J connectivity index is 1.66. The molecular formula is C19H18F4N2O2. The molecule has 0 heterocycles.